The fourth-order valence-electron chi connectivity index (χ4n) is 1.52. The van der Waals surface area contributed by atoms with Crippen molar-refractivity contribution >= 4 is 28.3 Å². The standard InChI is InChI=1S/C11H13FN2O5S/c1-5(15)20-4-9(16)11(17)7-2-6(12)3-8(10(7)13)14(18)19/h2-3,9,11,16-17H,4,13H2,1H3. The maximum absolute atomic E-state index is 13.3. The summed E-state index contributed by atoms with van der Waals surface area (Å²) in [5.41, 5.74) is 4.10. The molecule has 20 heavy (non-hydrogen) atoms. The Kier molecular flexibility index (Phi) is 5.43. The molecule has 1 aromatic rings. The van der Waals surface area contributed by atoms with E-state index < -0.39 is 34.3 Å². The lowest BCUT2D eigenvalue weighted by atomic mass is 10.0. The highest BCUT2D eigenvalue weighted by atomic mass is 32.2. The molecule has 0 aliphatic rings. The number of benzene rings is 1. The van der Waals surface area contributed by atoms with Crippen LogP contribution in [0, 0.1) is 15.9 Å². The molecule has 0 bridgehead atoms. The Morgan fingerprint density at radius 1 is 1.55 bits per heavy atom. The molecule has 0 saturated heterocycles. The van der Waals surface area contributed by atoms with Crippen LogP contribution in [-0.2, 0) is 4.79 Å². The number of anilines is 1. The quantitative estimate of drug-likeness (QED) is 0.420. The van der Waals surface area contributed by atoms with E-state index in [0.717, 1.165) is 17.8 Å². The van der Waals surface area contributed by atoms with Crippen molar-refractivity contribution in [3.05, 3.63) is 33.6 Å². The molecule has 0 aliphatic heterocycles. The van der Waals surface area contributed by atoms with Crippen LogP contribution in [0.4, 0.5) is 15.8 Å². The fraction of sp³-hybridized carbons (Fsp3) is 0.364. The SMILES string of the molecule is CC(=O)SCC(O)C(O)c1cc(F)cc([N+](=O)[O-])c1N. The maximum Gasteiger partial charge on any atom is 0.295 e. The summed E-state index contributed by atoms with van der Waals surface area (Å²) in [6.07, 6.45) is -3.04. The first kappa shape index (κ1) is 16.3. The van der Waals surface area contributed by atoms with E-state index in [4.69, 9.17) is 5.73 Å². The second-order valence-electron chi connectivity index (χ2n) is 4.00. The van der Waals surface area contributed by atoms with Gasteiger partial charge < -0.3 is 15.9 Å². The van der Waals surface area contributed by atoms with Crippen LogP contribution >= 0.6 is 11.8 Å². The first-order chi connectivity index (χ1) is 9.23. The van der Waals surface area contributed by atoms with E-state index in [2.05, 4.69) is 0 Å². The zero-order chi connectivity index (χ0) is 15.4. The predicted molar refractivity (Wildman–Crippen MR) is 71.6 cm³/mol. The molecule has 0 spiro atoms. The highest BCUT2D eigenvalue weighted by Crippen LogP contribution is 2.32. The number of aliphatic hydroxyl groups is 2. The van der Waals surface area contributed by atoms with E-state index in [1.54, 1.807) is 0 Å². The summed E-state index contributed by atoms with van der Waals surface area (Å²) in [5.74, 6) is -1.09. The van der Waals surface area contributed by atoms with Crippen LogP contribution in [0.1, 0.15) is 18.6 Å². The van der Waals surface area contributed by atoms with Gasteiger partial charge in [-0.05, 0) is 6.07 Å². The van der Waals surface area contributed by atoms with Gasteiger partial charge in [-0.15, -0.1) is 0 Å². The van der Waals surface area contributed by atoms with Gasteiger partial charge in [-0.25, -0.2) is 4.39 Å². The van der Waals surface area contributed by atoms with E-state index >= 15 is 0 Å². The van der Waals surface area contributed by atoms with Gasteiger partial charge in [0.1, 0.15) is 17.6 Å². The van der Waals surface area contributed by atoms with Gasteiger partial charge in [0.2, 0.25) is 0 Å². The second-order valence-corrected chi connectivity index (χ2v) is 5.20. The minimum absolute atomic E-state index is 0.139. The Balaban J connectivity index is 3.06. The van der Waals surface area contributed by atoms with Gasteiger partial charge in [-0.3, -0.25) is 14.9 Å². The van der Waals surface area contributed by atoms with Crippen LogP contribution in [0.2, 0.25) is 0 Å². The zero-order valence-corrected chi connectivity index (χ0v) is 11.3. The van der Waals surface area contributed by atoms with E-state index in [-0.39, 0.29) is 16.4 Å². The third kappa shape index (κ3) is 3.89. The Morgan fingerprint density at radius 2 is 2.15 bits per heavy atom. The summed E-state index contributed by atoms with van der Waals surface area (Å²) in [5, 5.41) is 30.0. The van der Waals surface area contributed by atoms with Crippen molar-refractivity contribution in [2.75, 3.05) is 11.5 Å². The number of carbonyl (C=O) groups is 1. The molecule has 0 heterocycles. The third-order valence-corrected chi connectivity index (χ3v) is 3.41. The normalized spacial score (nSPS) is 13.8. The summed E-state index contributed by atoms with van der Waals surface area (Å²) in [4.78, 5) is 20.6. The number of nitrogens with two attached hydrogens (primary N) is 1. The molecule has 0 fully saturated rings. The molecule has 0 aromatic heterocycles. The van der Waals surface area contributed by atoms with Crippen LogP contribution in [0.5, 0.6) is 0 Å². The van der Waals surface area contributed by atoms with Gasteiger partial charge in [0.05, 0.1) is 17.1 Å². The number of nitro benzene ring substituents is 1. The lowest BCUT2D eigenvalue weighted by Crippen LogP contribution is -2.22. The molecule has 4 N–H and O–H groups in total. The van der Waals surface area contributed by atoms with Crippen molar-refractivity contribution < 1.29 is 24.3 Å². The third-order valence-electron chi connectivity index (χ3n) is 2.49. The Bertz CT molecular complexity index is 540. The minimum atomic E-state index is -1.63. The van der Waals surface area contributed by atoms with Crippen molar-refractivity contribution in [3.63, 3.8) is 0 Å². The number of halogens is 1. The van der Waals surface area contributed by atoms with Crippen molar-refractivity contribution in [3.8, 4) is 0 Å². The number of aliphatic hydroxyl groups excluding tert-OH is 2. The van der Waals surface area contributed by atoms with E-state index in [1.807, 2.05) is 0 Å². The number of nitro groups is 1. The smallest absolute Gasteiger partial charge is 0.295 e. The molecular weight excluding hydrogens is 291 g/mol. The molecule has 1 rings (SSSR count). The van der Waals surface area contributed by atoms with Crippen LogP contribution < -0.4 is 5.73 Å². The van der Waals surface area contributed by atoms with Crippen LogP contribution in [0.15, 0.2) is 12.1 Å². The van der Waals surface area contributed by atoms with Crippen LogP contribution in [0.25, 0.3) is 0 Å². The monoisotopic (exact) mass is 304 g/mol. The number of nitrogens with zero attached hydrogens (tertiary/aromatic N) is 1. The average Bonchev–Trinajstić information content (AvgIpc) is 2.36. The Morgan fingerprint density at radius 3 is 2.65 bits per heavy atom. The van der Waals surface area contributed by atoms with Gasteiger partial charge in [0.15, 0.2) is 5.12 Å². The van der Waals surface area contributed by atoms with Gasteiger partial charge in [0, 0.05) is 18.2 Å². The molecular formula is C11H13FN2O5S. The van der Waals surface area contributed by atoms with Gasteiger partial charge in [-0.1, -0.05) is 11.8 Å². The molecule has 110 valence electrons. The lowest BCUT2D eigenvalue weighted by Gasteiger charge is -2.18. The number of hydrogen-bond donors (Lipinski definition) is 3. The topological polar surface area (TPSA) is 127 Å². The van der Waals surface area contributed by atoms with Gasteiger partial charge >= 0.3 is 0 Å². The van der Waals surface area contributed by atoms with Crippen LogP contribution in [0.3, 0.4) is 0 Å². The molecule has 0 saturated carbocycles. The first-order valence-corrected chi connectivity index (χ1v) is 6.45. The van der Waals surface area contributed by atoms with E-state index in [0.29, 0.717) is 6.07 Å². The summed E-state index contributed by atoms with van der Waals surface area (Å²) in [6, 6.07) is 1.44. The molecule has 9 heteroatoms. The lowest BCUT2D eigenvalue weighted by molar-refractivity contribution is -0.384. The van der Waals surface area contributed by atoms with Crippen molar-refractivity contribution in [1.29, 1.82) is 0 Å². The molecule has 1 aromatic carbocycles. The highest BCUT2D eigenvalue weighted by molar-refractivity contribution is 8.13. The van der Waals surface area contributed by atoms with Crippen molar-refractivity contribution in [2.45, 2.75) is 19.1 Å². The van der Waals surface area contributed by atoms with E-state index in [1.165, 1.54) is 6.92 Å². The molecule has 7 nitrogen and oxygen atoms in total. The van der Waals surface area contributed by atoms with Crippen molar-refractivity contribution in [1.82, 2.24) is 0 Å². The molecule has 2 atom stereocenters. The molecule has 0 radical (unpaired) electrons. The number of thioether (sulfide) groups is 1. The summed E-state index contributed by atoms with van der Waals surface area (Å²) < 4.78 is 13.3. The summed E-state index contributed by atoms with van der Waals surface area (Å²) >= 11 is 0.766. The van der Waals surface area contributed by atoms with Crippen molar-refractivity contribution in [2.24, 2.45) is 0 Å². The van der Waals surface area contributed by atoms with Gasteiger partial charge in [-0.2, -0.15) is 0 Å². The second kappa shape index (κ2) is 6.64. The number of hydrogen-bond acceptors (Lipinski definition) is 7. The zero-order valence-electron chi connectivity index (χ0n) is 10.4. The molecule has 2 unspecified atom stereocenters. The van der Waals surface area contributed by atoms with E-state index in [9.17, 15) is 29.5 Å². The molecule has 0 aliphatic carbocycles. The minimum Gasteiger partial charge on any atom is -0.393 e. The first-order valence-electron chi connectivity index (χ1n) is 5.46. The van der Waals surface area contributed by atoms with Gasteiger partial charge in [0.25, 0.3) is 5.69 Å². The fourth-order valence-corrected chi connectivity index (χ4v) is 2.11. The Labute approximate surface area is 117 Å². The summed E-state index contributed by atoms with van der Waals surface area (Å²) in [6.45, 7) is 1.28. The maximum atomic E-state index is 13.3. The average molecular weight is 304 g/mol. The number of carbonyl (C=O) groups excluding carboxylic acids is 1. The van der Waals surface area contributed by atoms with Crippen LogP contribution in [-0.4, -0.2) is 32.1 Å². The number of nitrogen functional groups attached to an aromatic ring is 1. The largest absolute Gasteiger partial charge is 0.393 e. The predicted octanol–water partition coefficient (Wildman–Crippen LogP) is 0.990. The number of rotatable bonds is 5. The summed E-state index contributed by atoms with van der Waals surface area (Å²) in [7, 11) is 0. The Hall–Kier alpha value is -1.71. The molecule has 0 amide bonds. The highest BCUT2D eigenvalue weighted by Gasteiger charge is 2.26.